The minimum atomic E-state index is -3.32. The van der Waals surface area contributed by atoms with Gasteiger partial charge in [-0.1, -0.05) is 87.4 Å². The van der Waals surface area contributed by atoms with Crippen LogP contribution in [0.3, 0.4) is 0 Å². The molecule has 0 fully saturated rings. The Morgan fingerprint density at radius 3 is 1.00 bits per heavy atom. The summed E-state index contributed by atoms with van der Waals surface area (Å²) in [5.74, 6) is 1.38. The molecule has 0 saturated heterocycles. The number of thioether (sulfide) groups is 1. The fourth-order valence-corrected chi connectivity index (χ4v) is 10.4. The third kappa shape index (κ3) is 27.1. The number of aryl methyl sites for hydroxylation is 8. The van der Waals surface area contributed by atoms with E-state index in [1.807, 2.05) is 132 Å². The molecule has 10 heterocycles. The van der Waals surface area contributed by atoms with E-state index in [4.69, 9.17) is 0 Å². The molecule has 0 radical (unpaired) electrons. The van der Waals surface area contributed by atoms with E-state index in [1.165, 1.54) is 92.7 Å². The van der Waals surface area contributed by atoms with Crippen molar-refractivity contribution < 1.29 is 8.42 Å². The number of sulfone groups is 1. The third-order valence-electron chi connectivity index (χ3n) is 14.3. The monoisotopic (exact) mass is 1220 g/mol. The molecule has 20 heteroatoms. The maximum absolute atomic E-state index is 11.4. The van der Waals surface area contributed by atoms with Crippen LogP contribution in [0.4, 0.5) is 0 Å². The smallest absolute Gasteiger partial charge is 0.246 e. The van der Waals surface area contributed by atoms with Gasteiger partial charge in [-0.25, -0.2) is 58.3 Å². The fourth-order valence-electron chi connectivity index (χ4n) is 9.50. The van der Waals surface area contributed by atoms with Crippen molar-refractivity contribution in [2.24, 2.45) is 0 Å². The van der Waals surface area contributed by atoms with Gasteiger partial charge in [0.2, 0.25) is 26.9 Å². The van der Waals surface area contributed by atoms with E-state index in [0.29, 0.717) is 11.9 Å². The lowest BCUT2D eigenvalue weighted by Gasteiger charge is -2.04. The van der Waals surface area contributed by atoms with Crippen molar-refractivity contribution in [3.05, 3.63) is 230 Å². The van der Waals surface area contributed by atoms with Crippen LogP contribution in [0.25, 0.3) is 11.9 Å². The van der Waals surface area contributed by atoms with Crippen LogP contribution in [0.2, 0.25) is 0 Å². The van der Waals surface area contributed by atoms with Gasteiger partial charge >= 0.3 is 0 Å². The molecule has 0 aliphatic carbocycles. The summed E-state index contributed by atoms with van der Waals surface area (Å²) < 4.78 is 26.5. The highest BCUT2D eigenvalue weighted by atomic mass is 32.2. The first-order chi connectivity index (χ1) is 43.3. The molecule has 0 unspecified atom stereocenters. The molecule has 10 aromatic rings. The molecule has 88 heavy (non-hydrogen) atoms. The standard InChI is InChI=1S/2C18H21N5.C16H21N3O2S.C16H21N3S/c2*1(3-6-16-7-5-10-19-14-16)2-4-8-17-9-11-21-18(22-17)23-13-12-20-15-23;1-22(20,21)16-18-12-10-15(19-16)9-5-3-2-4-7-14-8-6-11-17-13-14;1-20-16-18-12-10-15(19-16)9-5-3-2-4-7-14-8-6-11-17-13-14/h2*5,7,9-15H,1-4,6,8H2;6,8,10-13H,2-5,7,9H2,1H3;6,8,10-13H,2-5,7,9H2,1H3. The summed E-state index contributed by atoms with van der Waals surface area (Å²) in [5, 5.41) is 0.792. The van der Waals surface area contributed by atoms with Crippen LogP contribution in [0.1, 0.15) is 148 Å². The normalized spacial score (nSPS) is 10.9. The van der Waals surface area contributed by atoms with E-state index in [-0.39, 0.29) is 5.16 Å². The van der Waals surface area contributed by atoms with E-state index in [2.05, 4.69) is 94.0 Å². The van der Waals surface area contributed by atoms with Crippen molar-refractivity contribution in [1.29, 1.82) is 0 Å². The Hall–Kier alpha value is -8.36. The van der Waals surface area contributed by atoms with Gasteiger partial charge in [0.05, 0.1) is 0 Å². The maximum Gasteiger partial charge on any atom is 0.246 e. The molecule has 0 aromatic carbocycles. The van der Waals surface area contributed by atoms with Crippen molar-refractivity contribution in [3.63, 3.8) is 0 Å². The SMILES string of the molecule is CS(=O)(=O)c1nccc(CCCCCCc2cccnc2)n1.CSc1nccc(CCCCCCc2cccnc2)n1.c1cncc(CCCCCCc2ccnc(-n3ccnc3)n2)c1.c1cncc(CCCCCCc2ccnc(-n3ccnc3)n2)c1. The quantitative estimate of drug-likeness (QED) is 0.0217. The van der Waals surface area contributed by atoms with Crippen molar-refractivity contribution >= 4 is 21.6 Å². The van der Waals surface area contributed by atoms with E-state index in [1.54, 1.807) is 49.1 Å². The van der Waals surface area contributed by atoms with E-state index < -0.39 is 9.84 Å². The zero-order valence-corrected chi connectivity index (χ0v) is 52.7. The lowest BCUT2D eigenvalue weighted by Crippen LogP contribution is -2.05. The number of unbranched alkanes of at least 4 members (excludes halogenated alkanes) is 12. The summed E-state index contributed by atoms with van der Waals surface area (Å²) in [7, 11) is -3.32. The van der Waals surface area contributed by atoms with Gasteiger partial charge in [-0.2, -0.15) is 0 Å². The second-order valence-electron chi connectivity index (χ2n) is 21.4. The maximum atomic E-state index is 11.4. The molecule has 0 atom stereocenters. The van der Waals surface area contributed by atoms with Crippen LogP contribution in [-0.4, -0.2) is 99.8 Å². The van der Waals surface area contributed by atoms with Crippen LogP contribution >= 0.6 is 11.8 Å². The lowest BCUT2D eigenvalue weighted by molar-refractivity contribution is 0.589. The predicted octanol–water partition coefficient (Wildman–Crippen LogP) is 13.4. The van der Waals surface area contributed by atoms with Gasteiger partial charge in [0.15, 0.2) is 5.16 Å². The first-order valence-electron chi connectivity index (χ1n) is 30.8. The molecule has 18 nitrogen and oxygen atoms in total. The summed E-state index contributed by atoms with van der Waals surface area (Å²) >= 11 is 1.60. The first-order valence-corrected chi connectivity index (χ1v) is 33.9. The van der Waals surface area contributed by atoms with Gasteiger partial charge in [-0.3, -0.25) is 29.1 Å². The Kier molecular flexibility index (Phi) is 30.6. The summed E-state index contributed by atoms with van der Waals surface area (Å²) in [4.78, 5) is 58.9. The van der Waals surface area contributed by atoms with Crippen LogP contribution in [-0.2, 0) is 61.2 Å². The van der Waals surface area contributed by atoms with Crippen LogP contribution < -0.4 is 0 Å². The molecule has 0 saturated carbocycles. The first kappa shape index (κ1) is 67.2. The number of pyridine rings is 4. The molecule has 0 aliphatic rings. The molecule has 10 rings (SSSR count). The summed E-state index contributed by atoms with van der Waals surface area (Å²) in [6.45, 7) is 0. The summed E-state index contributed by atoms with van der Waals surface area (Å²) in [6, 6.07) is 24.3. The van der Waals surface area contributed by atoms with Crippen molar-refractivity contribution in [2.75, 3.05) is 12.5 Å². The molecular formula is C68H84N16O2S2. The summed E-state index contributed by atoms with van der Waals surface area (Å²) in [6.07, 6.45) is 63.2. The minimum absolute atomic E-state index is 0.0819. The molecule has 0 amide bonds. The lowest BCUT2D eigenvalue weighted by atomic mass is 10.1. The average molecular weight is 1220 g/mol. The Balaban J connectivity index is 0.000000168. The van der Waals surface area contributed by atoms with E-state index in [9.17, 15) is 8.42 Å². The zero-order valence-electron chi connectivity index (χ0n) is 51.1. The molecule has 0 aliphatic heterocycles. The number of hydrogen-bond acceptors (Lipinski definition) is 17. The fraction of sp³-hybridized carbons (Fsp3) is 0.382. The Morgan fingerprint density at radius 1 is 0.352 bits per heavy atom. The van der Waals surface area contributed by atoms with Crippen LogP contribution in [0.5, 0.6) is 0 Å². The molecule has 460 valence electrons. The highest BCUT2D eigenvalue weighted by Crippen LogP contribution is 2.16. The van der Waals surface area contributed by atoms with Crippen molar-refractivity contribution in [3.8, 4) is 11.9 Å². The predicted molar refractivity (Wildman–Crippen MR) is 348 cm³/mol. The minimum Gasteiger partial charge on any atom is -0.274 e. The highest BCUT2D eigenvalue weighted by Gasteiger charge is 2.11. The van der Waals surface area contributed by atoms with Gasteiger partial charge in [0.1, 0.15) is 12.7 Å². The molecule has 0 bridgehead atoms. The Labute approximate surface area is 524 Å². The largest absolute Gasteiger partial charge is 0.274 e. The average Bonchev–Trinajstić information content (AvgIpc) is 4.48. The van der Waals surface area contributed by atoms with E-state index in [0.717, 1.165) is 124 Å². The van der Waals surface area contributed by atoms with Crippen molar-refractivity contribution in [1.82, 2.24) is 78.9 Å². The topological polar surface area (TPSA) is 224 Å². The third-order valence-corrected chi connectivity index (χ3v) is 15.7. The Bertz CT molecular complexity index is 3390. The number of imidazole rings is 2. The number of nitrogens with zero attached hydrogens (tertiary/aromatic N) is 16. The van der Waals surface area contributed by atoms with Gasteiger partial charge < -0.3 is 0 Å². The second kappa shape index (κ2) is 40.2. The summed E-state index contributed by atoms with van der Waals surface area (Å²) in [5.41, 5.74) is 9.41. The molecule has 10 aromatic heterocycles. The second-order valence-corrected chi connectivity index (χ2v) is 24.1. The number of hydrogen-bond donors (Lipinski definition) is 0. The zero-order chi connectivity index (χ0) is 61.4. The molecule has 0 spiro atoms. The van der Waals surface area contributed by atoms with E-state index >= 15 is 0 Å². The molecular weight excluding hydrogens is 1140 g/mol. The number of rotatable bonds is 32. The molecule has 0 N–H and O–H groups in total. The number of aromatic nitrogens is 16. The van der Waals surface area contributed by atoms with Gasteiger partial charge in [-0.05, 0) is 180 Å². The van der Waals surface area contributed by atoms with Gasteiger partial charge in [0, 0.05) is 128 Å². The van der Waals surface area contributed by atoms with Crippen LogP contribution in [0, 0.1) is 0 Å². The van der Waals surface area contributed by atoms with Crippen LogP contribution in [0.15, 0.2) is 195 Å². The van der Waals surface area contributed by atoms with Gasteiger partial charge in [-0.15, -0.1) is 0 Å². The van der Waals surface area contributed by atoms with Gasteiger partial charge in [0.25, 0.3) is 0 Å². The Morgan fingerprint density at radius 2 is 0.682 bits per heavy atom. The van der Waals surface area contributed by atoms with Crippen molar-refractivity contribution in [2.45, 2.75) is 164 Å². The highest BCUT2D eigenvalue weighted by molar-refractivity contribution is 7.98.